The Bertz CT molecular complexity index is 2470. The quantitative estimate of drug-likeness (QED) is 0.197. The number of fused-ring (bicyclic) bond motifs is 6. The summed E-state index contributed by atoms with van der Waals surface area (Å²) in [6.45, 7) is 0. The van der Waals surface area contributed by atoms with Gasteiger partial charge in [-0.15, -0.1) is 11.3 Å². The average Bonchev–Trinajstić information content (AvgIpc) is 3.68. The predicted molar refractivity (Wildman–Crippen MR) is 192 cm³/mol. The van der Waals surface area contributed by atoms with Crippen molar-refractivity contribution >= 4 is 70.5 Å². The number of hydrogen-bond donors (Lipinski definition) is 0. The van der Waals surface area contributed by atoms with Crippen LogP contribution in [0, 0.1) is 0 Å². The molecule has 2 heterocycles. The lowest BCUT2D eigenvalue weighted by Gasteiger charge is -2.28. The smallest absolute Gasteiger partial charge is 0.136 e. The molecule has 0 bridgehead atoms. The van der Waals surface area contributed by atoms with E-state index in [1.54, 1.807) is 0 Å². The van der Waals surface area contributed by atoms with Crippen molar-refractivity contribution in [3.8, 4) is 22.3 Å². The van der Waals surface area contributed by atoms with Gasteiger partial charge in [-0.3, -0.25) is 0 Å². The van der Waals surface area contributed by atoms with Crippen LogP contribution in [-0.2, 0) is 0 Å². The number of nitrogens with zero attached hydrogens (tertiary/aromatic N) is 1. The molecule has 9 aromatic rings. The lowest BCUT2D eigenvalue weighted by molar-refractivity contribution is 0.669. The molecule has 2 nitrogen and oxygen atoms in total. The third kappa shape index (κ3) is 4.24. The van der Waals surface area contributed by atoms with Crippen LogP contribution in [0.15, 0.2) is 168 Å². The summed E-state index contributed by atoms with van der Waals surface area (Å²) in [5.41, 5.74) is 9.98. The van der Waals surface area contributed by atoms with Gasteiger partial charge in [0.1, 0.15) is 11.2 Å². The molecule has 0 saturated heterocycles. The van der Waals surface area contributed by atoms with Gasteiger partial charge in [-0.25, -0.2) is 0 Å². The van der Waals surface area contributed by atoms with Crippen molar-refractivity contribution in [2.75, 3.05) is 4.90 Å². The van der Waals surface area contributed by atoms with Crippen LogP contribution < -0.4 is 4.90 Å². The fourth-order valence-corrected chi connectivity index (χ4v) is 7.88. The Hall–Kier alpha value is -5.64. The molecule has 0 saturated carbocycles. The standard InChI is InChI=1S/C42H27NOS/c1-3-12-28(13-4-1)33-26-27-35-34-16-8-10-21-39(34)45-42(35)41(33)43(30-14-5-2-6-15-30)31-24-22-29(23-25-31)32-18-11-20-38-40(32)36-17-7-9-19-37(36)44-38/h1-27H. The molecule has 0 radical (unpaired) electrons. The number of thiophene rings is 1. The number of furan rings is 1. The largest absolute Gasteiger partial charge is 0.456 e. The lowest BCUT2D eigenvalue weighted by Crippen LogP contribution is -2.11. The van der Waals surface area contributed by atoms with Crippen LogP contribution in [-0.4, -0.2) is 0 Å². The van der Waals surface area contributed by atoms with Crippen LogP contribution in [0.25, 0.3) is 64.4 Å². The zero-order valence-electron chi connectivity index (χ0n) is 24.4. The fourth-order valence-electron chi connectivity index (χ4n) is 6.64. The fraction of sp³-hybridized carbons (Fsp3) is 0. The zero-order valence-corrected chi connectivity index (χ0v) is 25.2. The van der Waals surface area contributed by atoms with Crippen LogP contribution >= 0.6 is 11.3 Å². The monoisotopic (exact) mass is 593 g/mol. The number of anilines is 3. The minimum absolute atomic E-state index is 0.910. The summed E-state index contributed by atoms with van der Waals surface area (Å²) in [6, 6.07) is 58.4. The highest BCUT2D eigenvalue weighted by Gasteiger charge is 2.23. The van der Waals surface area contributed by atoms with Gasteiger partial charge < -0.3 is 9.32 Å². The van der Waals surface area contributed by atoms with Crippen LogP contribution in [0.5, 0.6) is 0 Å². The third-order valence-corrected chi connectivity index (χ3v) is 9.88. The van der Waals surface area contributed by atoms with Gasteiger partial charge in [0.2, 0.25) is 0 Å². The minimum Gasteiger partial charge on any atom is -0.456 e. The Kier molecular flexibility index (Phi) is 6.03. The molecule has 0 unspecified atom stereocenters. The number of hydrogen-bond acceptors (Lipinski definition) is 3. The van der Waals surface area contributed by atoms with Crippen molar-refractivity contribution in [2.45, 2.75) is 0 Å². The molecule has 0 atom stereocenters. The first-order valence-corrected chi connectivity index (χ1v) is 16.0. The van der Waals surface area contributed by atoms with E-state index >= 15 is 0 Å². The Morgan fingerprint density at radius 3 is 1.89 bits per heavy atom. The normalized spacial score (nSPS) is 11.6. The summed E-state index contributed by atoms with van der Waals surface area (Å²) in [7, 11) is 0. The molecular formula is C42H27NOS. The molecule has 0 amide bonds. The Balaban J connectivity index is 1.28. The van der Waals surface area contributed by atoms with Gasteiger partial charge in [-0.2, -0.15) is 0 Å². The number of rotatable bonds is 5. The first-order valence-electron chi connectivity index (χ1n) is 15.2. The second kappa shape index (κ2) is 10.5. The Labute approximate surface area is 265 Å². The molecule has 0 aliphatic carbocycles. The summed E-state index contributed by atoms with van der Waals surface area (Å²) in [4.78, 5) is 2.43. The molecule has 7 aromatic carbocycles. The predicted octanol–water partition coefficient (Wildman–Crippen LogP) is 12.8. The van der Waals surface area contributed by atoms with Gasteiger partial charge in [0.05, 0.1) is 10.4 Å². The van der Waals surface area contributed by atoms with Crippen LogP contribution in [0.1, 0.15) is 0 Å². The highest BCUT2D eigenvalue weighted by molar-refractivity contribution is 7.26. The van der Waals surface area contributed by atoms with Gasteiger partial charge in [-0.1, -0.05) is 121 Å². The number of benzene rings is 7. The Morgan fingerprint density at radius 1 is 0.422 bits per heavy atom. The summed E-state index contributed by atoms with van der Waals surface area (Å²) >= 11 is 1.87. The van der Waals surface area contributed by atoms with Crippen LogP contribution in [0.4, 0.5) is 17.1 Å². The second-order valence-electron chi connectivity index (χ2n) is 11.3. The van der Waals surface area contributed by atoms with E-state index in [2.05, 4.69) is 157 Å². The molecular weight excluding hydrogens is 567 g/mol. The lowest BCUT2D eigenvalue weighted by atomic mass is 9.98. The van der Waals surface area contributed by atoms with Crippen LogP contribution in [0.3, 0.4) is 0 Å². The van der Waals surface area contributed by atoms with E-state index in [1.165, 1.54) is 42.6 Å². The van der Waals surface area contributed by atoms with Crippen molar-refractivity contribution in [1.82, 2.24) is 0 Å². The second-order valence-corrected chi connectivity index (χ2v) is 12.3. The highest BCUT2D eigenvalue weighted by Crippen LogP contribution is 2.49. The molecule has 45 heavy (non-hydrogen) atoms. The molecule has 9 rings (SSSR count). The average molecular weight is 594 g/mol. The van der Waals surface area contributed by atoms with Crippen molar-refractivity contribution in [2.24, 2.45) is 0 Å². The summed E-state index contributed by atoms with van der Waals surface area (Å²) in [5, 5.41) is 4.87. The van der Waals surface area contributed by atoms with E-state index < -0.39 is 0 Å². The summed E-state index contributed by atoms with van der Waals surface area (Å²) < 4.78 is 8.78. The van der Waals surface area contributed by atoms with Crippen molar-refractivity contribution in [1.29, 1.82) is 0 Å². The van der Waals surface area contributed by atoms with E-state index in [0.717, 1.165) is 38.9 Å². The highest BCUT2D eigenvalue weighted by atomic mass is 32.1. The van der Waals surface area contributed by atoms with Gasteiger partial charge in [0, 0.05) is 43.2 Å². The topological polar surface area (TPSA) is 16.4 Å². The molecule has 0 aliphatic rings. The maximum atomic E-state index is 6.21. The van der Waals surface area contributed by atoms with Crippen molar-refractivity contribution in [3.05, 3.63) is 164 Å². The summed E-state index contributed by atoms with van der Waals surface area (Å²) in [6.07, 6.45) is 0. The molecule has 0 fully saturated rings. The number of para-hydroxylation sites is 2. The Morgan fingerprint density at radius 2 is 1.07 bits per heavy atom. The van der Waals surface area contributed by atoms with Gasteiger partial charge in [0.25, 0.3) is 0 Å². The van der Waals surface area contributed by atoms with E-state index in [-0.39, 0.29) is 0 Å². The maximum Gasteiger partial charge on any atom is 0.136 e. The van der Waals surface area contributed by atoms with E-state index in [9.17, 15) is 0 Å². The van der Waals surface area contributed by atoms with Gasteiger partial charge in [-0.05, 0) is 59.2 Å². The molecule has 3 heteroatoms. The van der Waals surface area contributed by atoms with E-state index in [0.29, 0.717) is 0 Å². The zero-order chi connectivity index (χ0) is 29.7. The molecule has 0 aliphatic heterocycles. The van der Waals surface area contributed by atoms with Crippen molar-refractivity contribution < 1.29 is 4.42 Å². The van der Waals surface area contributed by atoms with E-state index in [1.807, 2.05) is 23.5 Å². The first kappa shape index (κ1) is 25.8. The summed E-state index contributed by atoms with van der Waals surface area (Å²) in [5.74, 6) is 0. The molecule has 0 spiro atoms. The maximum absolute atomic E-state index is 6.21. The minimum atomic E-state index is 0.910. The molecule has 0 N–H and O–H groups in total. The molecule has 212 valence electrons. The SMILES string of the molecule is c1ccc(-c2ccc3c(sc4ccccc43)c2N(c2ccccc2)c2ccc(-c3cccc4oc5ccccc5c34)cc2)cc1. The third-order valence-electron chi connectivity index (χ3n) is 8.68. The van der Waals surface area contributed by atoms with Crippen molar-refractivity contribution in [3.63, 3.8) is 0 Å². The van der Waals surface area contributed by atoms with Crippen LogP contribution in [0.2, 0.25) is 0 Å². The van der Waals surface area contributed by atoms with E-state index in [4.69, 9.17) is 4.42 Å². The van der Waals surface area contributed by atoms with Gasteiger partial charge >= 0.3 is 0 Å². The van der Waals surface area contributed by atoms with Gasteiger partial charge in [0.15, 0.2) is 0 Å². The first-order chi connectivity index (χ1) is 22.3. The molecule has 2 aromatic heterocycles.